The lowest BCUT2D eigenvalue weighted by Gasteiger charge is -2.56. The maximum atomic E-state index is 13.2. The number of fused-ring (bicyclic) bond motifs is 1. The van der Waals surface area contributed by atoms with Crippen molar-refractivity contribution in [2.24, 2.45) is 23.2 Å². The Morgan fingerprint density at radius 1 is 1.04 bits per heavy atom. The molecule has 1 atom stereocenters. The van der Waals surface area contributed by atoms with E-state index in [1.165, 1.54) is 19.3 Å². The van der Waals surface area contributed by atoms with E-state index in [0.717, 1.165) is 54.7 Å². The summed E-state index contributed by atoms with van der Waals surface area (Å²) in [5.74, 6) is 3.71. The first-order chi connectivity index (χ1) is 11.2. The lowest BCUT2D eigenvalue weighted by molar-refractivity contribution is -0.147. The second kappa shape index (κ2) is 4.99. The van der Waals surface area contributed by atoms with Crippen LogP contribution in [-0.4, -0.2) is 12.5 Å². The summed E-state index contributed by atoms with van der Waals surface area (Å²) >= 11 is 0. The molecule has 23 heavy (non-hydrogen) atoms. The average Bonchev–Trinajstić information content (AvgIpc) is 2.54. The zero-order valence-corrected chi connectivity index (χ0v) is 13.6. The minimum absolute atomic E-state index is 0.0536. The normalized spacial score (nSPS) is 40.3. The van der Waals surface area contributed by atoms with Crippen molar-refractivity contribution in [2.75, 3.05) is 6.61 Å². The molecular weight excluding hydrogens is 286 g/mol. The Hall–Kier alpha value is -1.51. The molecular formula is C20H25NO2. The third kappa shape index (κ3) is 2.20. The average molecular weight is 311 g/mol. The van der Waals surface area contributed by atoms with Gasteiger partial charge in [0.1, 0.15) is 5.75 Å². The van der Waals surface area contributed by atoms with E-state index >= 15 is 0 Å². The van der Waals surface area contributed by atoms with E-state index in [4.69, 9.17) is 4.74 Å². The van der Waals surface area contributed by atoms with E-state index in [1.807, 2.05) is 18.2 Å². The van der Waals surface area contributed by atoms with Crippen LogP contribution in [0.1, 0.15) is 56.6 Å². The molecule has 5 aliphatic rings. The summed E-state index contributed by atoms with van der Waals surface area (Å²) in [7, 11) is 0. The Morgan fingerprint density at radius 3 is 2.39 bits per heavy atom. The number of carbonyl (C=O) groups is 1. The Bertz CT molecular complexity index is 603. The fraction of sp³-hybridized carbons (Fsp3) is 0.650. The van der Waals surface area contributed by atoms with Gasteiger partial charge in [-0.05, 0) is 62.3 Å². The second-order valence-electron chi connectivity index (χ2n) is 8.40. The van der Waals surface area contributed by atoms with Gasteiger partial charge in [0, 0.05) is 17.4 Å². The zero-order valence-electron chi connectivity index (χ0n) is 13.6. The molecule has 122 valence electrons. The Morgan fingerprint density at radius 2 is 1.70 bits per heavy atom. The number of amides is 1. The van der Waals surface area contributed by atoms with Crippen LogP contribution >= 0.6 is 0 Å². The Balaban J connectivity index is 1.38. The first-order valence-electron chi connectivity index (χ1n) is 9.24. The van der Waals surface area contributed by atoms with Gasteiger partial charge in [-0.3, -0.25) is 4.79 Å². The van der Waals surface area contributed by atoms with Crippen LogP contribution in [0.4, 0.5) is 0 Å². The van der Waals surface area contributed by atoms with Crippen molar-refractivity contribution in [1.29, 1.82) is 0 Å². The molecule has 4 fully saturated rings. The first kappa shape index (κ1) is 13.9. The largest absolute Gasteiger partial charge is 0.493 e. The number of hydrogen-bond donors (Lipinski definition) is 1. The lowest BCUT2D eigenvalue weighted by Crippen LogP contribution is -2.54. The Kier molecular flexibility index (Phi) is 3.01. The molecule has 3 heteroatoms. The van der Waals surface area contributed by atoms with Crippen molar-refractivity contribution in [3.05, 3.63) is 29.8 Å². The molecule has 0 spiro atoms. The minimum atomic E-state index is -0.0536. The van der Waals surface area contributed by atoms with Gasteiger partial charge in [0.2, 0.25) is 5.91 Å². The highest BCUT2D eigenvalue weighted by atomic mass is 16.5. The molecule has 3 nitrogen and oxygen atoms in total. The molecule has 0 aromatic heterocycles. The van der Waals surface area contributed by atoms with Gasteiger partial charge in [-0.25, -0.2) is 0 Å². The second-order valence-corrected chi connectivity index (χ2v) is 8.40. The first-order valence-corrected chi connectivity index (χ1v) is 9.24. The SMILES string of the molecule is O=C(N[C@@H]1CCOc2ccccc21)C12CC3CC(CC(C3)C1)C2. The summed E-state index contributed by atoms with van der Waals surface area (Å²) in [6, 6.07) is 8.28. The lowest BCUT2D eigenvalue weighted by atomic mass is 9.49. The quantitative estimate of drug-likeness (QED) is 0.901. The molecule has 0 saturated heterocycles. The van der Waals surface area contributed by atoms with Crippen LogP contribution in [0.3, 0.4) is 0 Å². The van der Waals surface area contributed by atoms with Gasteiger partial charge in [0.15, 0.2) is 0 Å². The van der Waals surface area contributed by atoms with Gasteiger partial charge < -0.3 is 10.1 Å². The summed E-state index contributed by atoms with van der Waals surface area (Å²) < 4.78 is 5.73. The van der Waals surface area contributed by atoms with E-state index < -0.39 is 0 Å². The van der Waals surface area contributed by atoms with Gasteiger partial charge >= 0.3 is 0 Å². The molecule has 4 bridgehead atoms. The highest BCUT2D eigenvalue weighted by Crippen LogP contribution is 2.60. The van der Waals surface area contributed by atoms with Gasteiger partial charge in [-0.1, -0.05) is 18.2 Å². The number of carbonyl (C=O) groups excluding carboxylic acids is 1. The standard InChI is InChI=1S/C20H25NO2/c22-19(20-10-13-7-14(11-20)9-15(8-13)12-20)21-17-5-6-23-18-4-2-1-3-16(17)18/h1-4,13-15,17H,5-12H2,(H,21,22)/t13?,14?,15?,17-,20?/m1/s1. The van der Waals surface area contributed by atoms with Crippen LogP contribution in [0.25, 0.3) is 0 Å². The number of hydrogen-bond acceptors (Lipinski definition) is 2. The summed E-state index contributed by atoms with van der Waals surface area (Å²) in [6.07, 6.45) is 8.43. The zero-order chi connectivity index (χ0) is 15.4. The van der Waals surface area contributed by atoms with Gasteiger partial charge in [0.25, 0.3) is 0 Å². The number of benzene rings is 1. The molecule has 1 heterocycles. The van der Waals surface area contributed by atoms with E-state index in [0.29, 0.717) is 12.5 Å². The molecule has 1 aromatic carbocycles. The van der Waals surface area contributed by atoms with Crippen LogP contribution in [0.2, 0.25) is 0 Å². The molecule has 1 aromatic rings. The molecule has 4 aliphatic carbocycles. The minimum Gasteiger partial charge on any atom is -0.493 e. The van der Waals surface area contributed by atoms with Gasteiger partial charge in [0.05, 0.1) is 12.6 Å². The molecule has 0 radical (unpaired) electrons. The maximum absolute atomic E-state index is 13.2. The topological polar surface area (TPSA) is 38.3 Å². The van der Waals surface area contributed by atoms with Crippen molar-refractivity contribution in [3.63, 3.8) is 0 Å². The molecule has 1 aliphatic heterocycles. The van der Waals surface area contributed by atoms with Crippen molar-refractivity contribution in [1.82, 2.24) is 5.32 Å². The molecule has 0 unspecified atom stereocenters. The highest BCUT2D eigenvalue weighted by molar-refractivity contribution is 5.83. The third-order valence-corrected chi connectivity index (χ3v) is 6.78. The van der Waals surface area contributed by atoms with E-state index in [9.17, 15) is 4.79 Å². The molecule has 1 N–H and O–H groups in total. The summed E-state index contributed by atoms with van der Waals surface area (Å²) in [5, 5.41) is 3.41. The van der Waals surface area contributed by atoms with E-state index in [1.54, 1.807) is 0 Å². The van der Waals surface area contributed by atoms with Crippen LogP contribution < -0.4 is 10.1 Å². The molecule has 1 amide bonds. The Labute approximate surface area is 137 Å². The maximum Gasteiger partial charge on any atom is 0.226 e. The molecule has 6 rings (SSSR count). The summed E-state index contributed by atoms with van der Waals surface area (Å²) in [4.78, 5) is 13.2. The number of rotatable bonds is 2. The predicted octanol–water partition coefficient (Wildman–Crippen LogP) is 3.84. The van der Waals surface area contributed by atoms with Crippen LogP contribution in [0.15, 0.2) is 24.3 Å². The van der Waals surface area contributed by atoms with Crippen LogP contribution in [0.5, 0.6) is 5.75 Å². The smallest absolute Gasteiger partial charge is 0.226 e. The third-order valence-electron chi connectivity index (χ3n) is 6.78. The van der Waals surface area contributed by atoms with Crippen molar-refractivity contribution < 1.29 is 9.53 Å². The monoisotopic (exact) mass is 311 g/mol. The van der Waals surface area contributed by atoms with Crippen molar-refractivity contribution in [2.45, 2.75) is 51.0 Å². The number of nitrogens with one attached hydrogen (secondary N) is 1. The van der Waals surface area contributed by atoms with E-state index in [-0.39, 0.29) is 11.5 Å². The van der Waals surface area contributed by atoms with Crippen LogP contribution in [0, 0.1) is 23.2 Å². The highest BCUT2D eigenvalue weighted by Gasteiger charge is 2.54. The van der Waals surface area contributed by atoms with Gasteiger partial charge in [-0.2, -0.15) is 0 Å². The summed E-state index contributed by atoms with van der Waals surface area (Å²) in [6.45, 7) is 0.697. The van der Waals surface area contributed by atoms with Gasteiger partial charge in [-0.15, -0.1) is 0 Å². The predicted molar refractivity (Wildman–Crippen MR) is 88.0 cm³/mol. The van der Waals surface area contributed by atoms with Crippen molar-refractivity contribution >= 4 is 5.91 Å². The molecule has 4 saturated carbocycles. The fourth-order valence-corrected chi connectivity index (χ4v) is 6.19. The number of para-hydroxylation sites is 1. The van der Waals surface area contributed by atoms with Crippen molar-refractivity contribution in [3.8, 4) is 5.75 Å². The fourth-order valence-electron chi connectivity index (χ4n) is 6.19. The summed E-state index contributed by atoms with van der Waals surface area (Å²) in [5.41, 5.74) is 1.10. The number of ether oxygens (including phenoxy) is 1. The van der Waals surface area contributed by atoms with Crippen LogP contribution in [-0.2, 0) is 4.79 Å². The van der Waals surface area contributed by atoms with E-state index in [2.05, 4.69) is 11.4 Å².